The van der Waals surface area contributed by atoms with Gasteiger partial charge in [0.05, 0.1) is 25.6 Å². The van der Waals surface area contributed by atoms with Crippen molar-refractivity contribution in [3.8, 4) is 0 Å². The highest BCUT2D eigenvalue weighted by Gasteiger charge is 2.08. The normalized spacial score (nSPS) is 21.2. The lowest BCUT2D eigenvalue weighted by atomic mass is 10.4. The fourth-order valence-electron chi connectivity index (χ4n) is 1.19. The summed E-state index contributed by atoms with van der Waals surface area (Å²) in [5.41, 5.74) is 5.41. The number of amidine groups is 1. The van der Waals surface area contributed by atoms with Crippen molar-refractivity contribution in [1.29, 1.82) is 0 Å². The molecular weight excluding hydrogens is 154 g/mol. The summed E-state index contributed by atoms with van der Waals surface area (Å²) in [6.07, 6.45) is 0. The van der Waals surface area contributed by atoms with Gasteiger partial charge < -0.3 is 10.5 Å². The standard InChI is InChI=1S/C8H17N3O/c1-8(9)10-2-3-11-4-6-12-7-5-11/h2-7H2,1H3,(H2,9,10). The fraction of sp³-hybridized carbons (Fsp3) is 0.875. The first-order chi connectivity index (χ1) is 5.79. The van der Waals surface area contributed by atoms with Gasteiger partial charge in [-0.05, 0) is 6.92 Å². The van der Waals surface area contributed by atoms with Crippen LogP contribution < -0.4 is 5.73 Å². The summed E-state index contributed by atoms with van der Waals surface area (Å²) in [4.78, 5) is 6.47. The summed E-state index contributed by atoms with van der Waals surface area (Å²) in [7, 11) is 0. The van der Waals surface area contributed by atoms with Gasteiger partial charge in [0.2, 0.25) is 0 Å². The van der Waals surface area contributed by atoms with Gasteiger partial charge in [-0.2, -0.15) is 0 Å². The Labute approximate surface area is 73.4 Å². The number of aliphatic imine (C=N–C) groups is 1. The van der Waals surface area contributed by atoms with E-state index < -0.39 is 0 Å². The maximum atomic E-state index is 5.41. The molecule has 0 aromatic rings. The highest BCUT2D eigenvalue weighted by molar-refractivity contribution is 5.77. The number of nitrogens with two attached hydrogens (primary N) is 1. The zero-order valence-corrected chi connectivity index (χ0v) is 7.62. The summed E-state index contributed by atoms with van der Waals surface area (Å²) in [5, 5.41) is 0. The first-order valence-electron chi connectivity index (χ1n) is 4.35. The van der Waals surface area contributed by atoms with Crippen LogP contribution in [0.25, 0.3) is 0 Å². The maximum Gasteiger partial charge on any atom is 0.0906 e. The van der Waals surface area contributed by atoms with Crippen LogP contribution in [0.5, 0.6) is 0 Å². The summed E-state index contributed by atoms with van der Waals surface area (Å²) in [6, 6.07) is 0. The van der Waals surface area contributed by atoms with Crippen molar-refractivity contribution in [2.75, 3.05) is 39.4 Å². The molecule has 0 unspecified atom stereocenters. The first kappa shape index (κ1) is 9.48. The van der Waals surface area contributed by atoms with Crippen LogP contribution in [0, 0.1) is 0 Å². The van der Waals surface area contributed by atoms with E-state index in [-0.39, 0.29) is 0 Å². The average molecular weight is 171 g/mol. The smallest absolute Gasteiger partial charge is 0.0906 e. The molecule has 0 amide bonds. The van der Waals surface area contributed by atoms with E-state index >= 15 is 0 Å². The van der Waals surface area contributed by atoms with E-state index in [4.69, 9.17) is 10.5 Å². The number of hydrogen-bond acceptors (Lipinski definition) is 3. The van der Waals surface area contributed by atoms with Gasteiger partial charge >= 0.3 is 0 Å². The zero-order chi connectivity index (χ0) is 8.81. The SMILES string of the molecule is C/C(N)=N\CCN1CCOCC1. The Morgan fingerprint density at radius 1 is 1.50 bits per heavy atom. The zero-order valence-electron chi connectivity index (χ0n) is 7.62. The second-order valence-corrected chi connectivity index (χ2v) is 2.98. The lowest BCUT2D eigenvalue weighted by Crippen LogP contribution is -2.37. The van der Waals surface area contributed by atoms with Gasteiger partial charge in [-0.25, -0.2) is 0 Å². The van der Waals surface area contributed by atoms with Gasteiger partial charge in [0, 0.05) is 19.6 Å². The van der Waals surface area contributed by atoms with Crippen LogP contribution in [0.4, 0.5) is 0 Å². The third-order valence-corrected chi connectivity index (χ3v) is 1.88. The van der Waals surface area contributed by atoms with Crippen molar-refractivity contribution in [3.63, 3.8) is 0 Å². The van der Waals surface area contributed by atoms with E-state index in [1.54, 1.807) is 0 Å². The molecule has 12 heavy (non-hydrogen) atoms. The highest BCUT2D eigenvalue weighted by atomic mass is 16.5. The fourth-order valence-corrected chi connectivity index (χ4v) is 1.19. The minimum absolute atomic E-state index is 0.670. The molecule has 0 bridgehead atoms. The minimum atomic E-state index is 0.670. The summed E-state index contributed by atoms with van der Waals surface area (Å²) >= 11 is 0. The molecule has 1 heterocycles. The lowest BCUT2D eigenvalue weighted by molar-refractivity contribution is 0.0394. The quantitative estimate of drug-likeness (QED) is 0.468. The van der Waals surface area contributed by atoms with E-state index in [1.165, 1.54) is 0 Å². The molecular formula is C8H17N3O. The molecule has 4 heteroatoms. The summed E-state index contributed by atoms with van der Waals surface area (Å²) in [6.45, 7) is 7.38. The molecule has 0 aromatic carbocycles. The number of ether oxygens (including phenoxy) is 1. The van der Waals surface area contributed by atoms with Crippen LogP contribution in [0.15, 0.2) is 4.99 Å². The molecule has 70 valence electrons. The van der Waals surface area contributed by atoms with Gasteiger partial charge in [-0.1, -0.05) is 0 Å². The van der Waals surface area contributed by atoms with Gasteiger partial charge in [0.1, 0.15) is 0 Å². The Kier molecular flexibility index (Phi) is 4.04. The first-order valence-corrected chi connectivity index (χ1v) is 4.35. The molecule has 0 atom stereocenters. The lowest BCUT2D eigenvalue weighted by Gasteiger charge is -2.25. The number of nitrogens with zero attached hydrogens (tertiary/aromatic N) is 2. The Hall–Kier alpha value is -0.610. The number of rotatable bonds is 3. The molecule has 0 aromatic heterocycles. The van der Waals surface area contributed by atoms with Gasteiger partial charge in [0.25, 0.3) is 0 Å². The van der Waals surface area contributed by atoms with Crippen molar-refractivity contribution >= 4 is 5.84 Å². The van der Waals surface area contributed by atoms with Crippen molar-refractivity contribution in [2.24, 2.45) is 10.7 Å². The topological polar surface area (TPSA) is 50.8 Å². The monoisotopic (exact) mass is 171 g/mol. The van der Waals surface area contributed by atoms with E-state index in [9.17, 15) is 0 Å². The predicted octanol–water partition coefficient (Wildman–Crippen LogP) is -0.304. The van der Waals surface area contributed by atoms with Gasteiger partial charge in [-0.15, -0.1) is 0 Å². The largest absolute Gasteiger partial charge is 0.388 e. The van der Waals surface area contributed by atoms with Crippen LogP contribution in [-0.4, -0.2) is 50.1 Å². The molecule has 1 rings (SSSR count). The number of hydrogen-bond donors (Lipinski definition) is 1. The van der Waals surface area contributed by atoms with Gasteiger partial charge in [-0.3, -0.25) is 9.89 Å². The second-order valence-electron chi connectivity index (χ2n) is 2.98. The van der Waals surface area contributed by atoms with Crippen LogP contribution in [0.1, 0.15) is 6.92 Å². The Morgan fingerprint density at radius 3 is 2.75 bits per heavy atom. The molecule has 0 radical (unpaired) electrons. The molecule has 4 nitrogen and oxygen atoms in total. The molecule has 2 N–H and O–H groups in total. The average Bonchev–Trinajstić information content (AvgIpc) is 2.05. The van der Waals surface area contributed by atoms with Gasteiger partial charge in [0.15, 0.2) is 0 Å². The van der Waals surface area contributed by atoms with E-state index in [1.807, 2.05) is 6.92 Å². The van der Waals surface area contributed by atoms with E-state index in [2.05, 4.69) is 9.89 Å². The van der Waals surface area contributed by atoms with Crippen LogP contribution in [0.2, 0.25) is 0 Å². The molecule has 0 saturated carbocycles. The predicted molar refractivity (Wildman–Crippen MR) is 49.4 cm³/mol. The van der Waals surface area contributed by atoms with Crippen LogP contribution in [0.3, 0.4) is 0 Å². The maximum absolute atomic E-state index is 5.41. The second kappa shape index (κ2) is 5.11. The molecule has 1 aliphatic rings. The van der Waals surface area contributed by atoms with Crippen molar-refractivity contribution in [3.05, 3.63) is 0 Å². The Bertz CT molecular complexity index is 148. The van der Waals surface area contributed by atoms with Crippen molar-refractivity contribution in [1.82, 2.24) is 4.90 Å². The third-order valence-electron chi connectivity index (χ3n) is 1.88. The molecule has 1 fully saturated rings. The van der Waals surface area contributed by atoms with Crippen molar-refractivity contribution < 1.29 is 4.74 Å². The Balaban J connectivity index is 2.09. The molecule has 1 saturated heterocycles. The molecule has 1 aliphatic heterocycles. The highest BCUT2D eigenvalue weighted by Crippen LogP contribution is 1.95. The van der Waals surface area contributed by atoms with Crippen molar-refractivity contribution in [2.45, 2.75) is 6.92 Å². The minimum Gasteiger partial charge on any atom is -0.388 e. The van der Waals surface area contributed by atoms with Crippen LogP contribution in [-0.2, 0) is 4.74 Å². The number of morpholine rings is 1. The Morgan fingerprint density at radius 2 is 2.17 bits per heavy atom. The molecule has 0 aliphatic carbocycles. The third kappa shape index (κ3) is 3.69. The van der Waals surface area contributed by atoms with E-state index in [0.717, 1.165) is 39.4 Å². The van der Waals surface area contributed by atoms with Crippen LogP contribution >= 0.6 is 0 Å². The molecule has 0 spiro atoms. The summed E-state index contributed by atoms with van der Waals surface area (Å²) in [5.74, 6) is 0.670. The van der Waals surface area contributed by atoms with E-state index in [0.29, 0.717) is 5.84 Å². The summed E-state index contributed by atoms with van der Waals surface area (Å²) < 4.78 is 5.22.